The summed E-state index contributed by atoms with van der Waals surface area (Å²) in [6, 6.07) is 20.3. The van der Waals surface area contributed by atoms with Crippen LogP contribution in [0, 0.1) is 0 Å². The zero-order valence-electron chi connectivity index (χ0n) is 11.1. The third kappa shape index (κ3) is 2.91. The van der Waals surface area contributed by atoms with Gasteiger partial charge in [0.15, 0.2) is 0 Å². The highest BCUT2D eigenvalue weighted by molar-refractivity contribution is 9.10. The lowest BCUT2D eigenvalue weighted by molar-refractivity contribution is 1.52. The number of hydrogen-bond acceptors (Lipinski definition) is 2. The maximum Gasteiger partial charge on any atom is 0.106 e. The number of hydrogen-bond donors (Lipinski definition) is 2. The Hall–Kier alpha value is -1.91. The quantitative estimate of drug-likeness (QED) is 0.650. The molecule has 0 saturated heterocycles. The molecule has 104 valence electrons. The van der Waals surface area contributed by atoms with Crippen LogP contribution in [-0.4, -0.2) is 4.99 Å². The van der Waals surface area contributed by atoms with Crippen molar-refractivity contribution in [3.05, 3.63) is 70.7 Å². The molecule has 0 atom stereocenters. The lowest BCUT2D eigenvalue weighted by Gasteiger charge is -2.14. The van der Waals surface area contributed by atoms with Crippen LogP contribution in [-0.2, 0) is 0 Å². The van der Waals surface area contributed by atoms with Crippen molar-refractivity contribution < 1.29 is 0 Å². The predicted octanol–water partition coefficient (Wildman–Crippen LogP) is 4.98. The van der Waals surface area contributed by atoms with Crippen LogP contribution in [0.3, 0.4) is 0 Å². The molecule has 4 heteroatoms. The monoisotopic (exact) mass is 356 g/mol. The molecular weight excluding hydrogens is 344 g/mol. The van der Waals surface area contributed by atoms with Crippen molar-refractivity contribution in [1.82, 2.24) is 0 Å². The number of thiocarbonyl (C=S) groups is 1. The third-order valence-corrected chi connectivity index (χ3v) is 4.02. The summed E-state index contributed by atoms with van der Waals surface area (Å²) >= 11 is 8.61. The fourth-order valence-corrected chi connectivity index (χ4v) is 2.85. The van der Waals surface area contributed by atoms with Crippen LogP contribution >= 0.6 is 28.1 Å². The first-order valence-electron chi connectivity index (χ1n) is 6.49. The number of rotatable bonds is 3. The van der Waals surface area contributed by atoms with Crippen LogP contribution in [0.15, 0.2) is 65.1 Å². The molecule has 2 nitrogen and oxygen atoms in total. The second-order valence-corrected chi connectivity index (χ2v) is 6.06. The van der Waals surface area contributed by atoms with Crippen molar-refractivity contribution in [3.63, 3.8) is 0 Å². The van der Waals surface area contributed by atoms with Crippen molar-refractivity contribution in [1.29, 1.82) is 0 Å². The fraction of sp³-hybridized carbons (Fsp3) is 0. The van der Waals surface area contributed by atoms with E-state index in [-0.39, 0.29) is 0 Å². The summed E-state index contributed by atoms with van der Waals surface area (Å²) in [5.41, 5.74) is 8.57. The number of nitrogens with two attached hydrogens (primary N) is 1. The van der Waals surface area contributed by atoms with Gasteiger partial charge in [-0.2, -0.15) is 0 Å². The van der Waals surface area contributed by atoms with E-state index in [2.05, 4.69) is 39.4 Å². The Labute approximate surface area is 137 Å². The van der Waals surface area contributed by atoms with Crippen molar-refractivity contribution in [2.24, 2.45) is 5.73 Å². The van der Waals surface area contributed by atoms with E-state index in [9.17, 15) is 0 Å². The lowest BCUT2D eigenvalue weighted by Crippen LogP contribution is -2.11. The highest BCUT2D eigenvalue weighted by Crippen LogP contribution is 2.29. The first kappa shape index (κ1) is 14.0. The van der Waals surface area contributed by atoms with Crippen LogP contribution in [0.25, 0.3) is 10.8 Å². The molecule has 3 N–H and O–H groups in total. The molecule has 0 heterocycles. The van der Waals surface area contributed by atoms with E-state index in [1.807, 2.05) is 42.5 Å². The van der Waals surface area contributed by atoms with Crippen LogP contribution in [0.2, 0.25) is 0 Å². The van der Waals surface area contributed by atoms with Crippen LogP contribution in [0.4, 0.5) is 11.4 Å². The van der Waals surface area contributed by atoms with E-state index in [4.69, 9.17) is 18.0 Å². The molecule has 3 aromatic rings. The van der Waals surface area contributed by atoms with Crippen molar-refractivity contribution >= 4 is 55.3 Å². The standard InChI is InChI=1S/C17H13BrN2S/c18-12-8-9-14(17(19)21)16(10-12)20-15-7-3-5-11-4-1-2-6-13(11)15/h1-10,20H,(H2,19,21). The first-order valence-corrected chi connectivity index (χ1v) is 7.69. The minimum atomic E-state index is 0.380. The Morgan fingerprint density at radius 2 is 1.71 bits per heavy atom. The van der Waals surface area contributed by atoms with E-state index < -0.39 is 0 Å². The molecule has 0 fully saturated rings. The summed E-state index contributed by atoms with van der Waals surface area (Å²) < 4.78 is 0.977. The van der Waals surface area contributed by atoms with E-state index in [0.29, 0.717) is 4.99 Å². The minimum absolute atomic E-state index is 0.380. The second kappa shape index (κ2) is 5.84. The van der Waals surface area contributed by atoms with E-state index in [0.717, 1.165) is 26.8 Å². The van der Waals surface area contributed by atoms with E-state index in [1.165, 1.54) is 5.39 Å². The largest absolute Gasteiger partial charge is 0.389 e. The Morgan fingerprint density at radius 1 is 0.952 bits per heavy atom. The zero-order valence-corrected chi connectivity index (χ0v) is 13.5. The van der Waals surface area contributed by atoms with Gasteiger partial charge in [-0.25, -0.2) is 0 Å². The molecule has 0 radical (unpaired) electrons. The molecule has 0 aliphatic rings. The molecule has 21 heavy (non-hydrogen) atoms. The van der Waals surface area contributed by atoms with Crippen molar-refractivity contribution in [3.8, 4) is 0 Å². The number of fused-ring (bicyclic) bond motifs is 1. The number of nitrogens with one attached hydrogen (secondary N) is 1. The maximum atomic E-state index is 5.81. The fourth-order valence-electron chi connectivity index (χ4n) is 2.31. The highest BCUT2D eigenvalue weighted by Gasteiger charge is 2.08. The van der Waals surface area contributed by atoms with Gasteiger partial charge in [-0.15, -0.1) is 0 Å². The van der Waals surface area contributed by atoms with Crippen LogP contribution < -0.4 is 11.1 Å². The second-order valence-electron chi connectivity index (χ2n) is 4.71. The summed E-state index contributed by atoms with van der Waals surface area (Å²) in [7, 11) is 0. The molecule has 0 aliphatic heterocycles. The van der Waals surface area contributed by atoms with Crippen molar-refractivity contribution in [2.45, 2.75) is 0 Å². The molecule has 3 rings (SSSR count). The molecule has 0 bridgehead atoms. The molecule has 0 spiro atoms. The SMILES string of the molecule is NC(=S)c1ccc(Br)cc1Nc1cccc2ccccc12. The molecule has 0 saturated carbocycles. The Morgan fingerprint density at radius 3 is 2.52 bits per heavy atom. The molecule has 3 aromatic carbocycles. The molecule has 0 aromatic heterocycles. The van der Waals surface area contributed by atoms with E-state index in [1.54, 1.807) is 0 Å². The van der Waals surface area contributed by atoms with Gasteiger partial charge >= 0.3 is 0 Å². The average molecular weight is 357 g/mol. The average Bonchev–Trinajstić information content (AvgIpc) is 2.47. The zero-order chi connectivity index (χ0) is 14.8. The molecule has 0 amide bonds. The number of halogens is 1. The Kier molecular flexibility index (Phi) is 3.90. The highest BCUT2D eigenvalue weighted by atomic mass is 79.9. The lowest BCUT2D eigenvalue weighted by atomic mass is 10.1. The van der Waals surface area contributed by atoms with Gasteiger partial charge in [0, 0.05) is 26.8 Å². The van der Waals surface area contributed by atoms with Gasteiger partial charge in [0.2, 0.25) is 0 Å². The van der Waals surface area contributed by atoms with Gasteiger partial charge < -0.3 is 11.1 Å². The van der Waals surface area contributed by atoms with Crippen molar-refractivity contribution in [2.75, 3.05) is 5.32 Å². The molecule has 0 unspecified atom stereocenters. The molecular formula is C17H13BrN2S. The summed E-state index contributed by atoms with van der Waals surface area (Å²) in [6.07, 6.45) is 0. The topological polar surface area (TPSA) is 38.0 Å². The first-order chi connectivity index (χ1) is 10.1. The van der Waals surface area contributed by atoms with Gasteiger partial charge in [0.05, 0.1) is 0 Å². The summed E-state index contributed by atoms with van der Waals surface area (Å²) in [5, 5.41) is 5.79. The summed E-state index contributed by atoms with van der Waals surface area (Å²) in [6.45, 7) is 0. The maximum absolute atomic E-state index is 5.81. The van der Waals surface area contributed by atoms with Crippen LogP contribution in [0.1, 0.15) is 5.56 Å². The Bertz CT molecular complexity index is 825. The van der Waals surface area contributed by atoms with Gasteiger partial charge in [0.1, 0.15) is 4.99 Å². The molecule has 0 aliphatic carbocycles. The van der Waals surface area contributed by atoms with E-state index >= 15 is 0 Å². The smallest absolute Gasteiger partial charge is 0.106 e. The van der Waals surface area contributed by atoms with Crippen LogP contribution in [0.5, 0.6) is 0 Å². The van der Waals surface area contributed by atoms with Gasteiger partial charge in [-0.1, -0.05) is 64.5 Å². The summed E-state index contributed by atoms with van der Waals surface area (Å²) in [5.74, 6) is 0. The van der Waals surface area contributed by atoms with Gasteiger partial charge in [0.25, 0.3) is 0 Å². The number of benzene rings is 3. The van der Waals surface area contributed by atoms with Gasteiger partial charge in [-0.05, 0) is 29.7 Å². The normalized spacial score (nSPS) is 10.5. The summed E-state index contributed by atoms with van der Waals surface area (Å²) in [4.78, 5) is 0.380. The van der Waals surface area contributed by atoms with Gasteiger partial charge in [-0.3, -0.25) is 0 Å². The predicted molar refractivity (Wildman–Crippen MR) is 97.3 cm³/mol. The number of anilines is 2. The Balaban J connectivity index is 2.11. The minimum Gasteiger partial charge on any atom is -0.389 e. The third-order valence-electron chi connectivity index (χ3n) is 3.31.